The standard InChI is InChI=1S/C13H13NO2/c15-12-10-7-3-4-8-11(10)14(13(12)16)9-5-1-2-6-9/h3-4,7-9H,1-2,5-6H2. The average molecular weight is 215 g/mol. The van der Waals surface area contributed by atoms with E-state index < -0.39 is 0 Å². The Morgan fingerprint density at radius 2 is 1.75 bits per heavy atom. The summed E-state index contributed by atoms with van der Waals surface area (Å²) in [4.78, 5) is 25.4. The number of hydrogen-bond acceptors (Lipinski definition) is 2. The second-order valence-electron chi connectivity index (χ2n) is 4.46. The van der Waals surface area contributed by atoms with Crippen LogP contribution < -0.4 is 4.90 Å². The van der Waals surface area contributed by atoms with Crippen molar-refractivity contribution in [2.45, 2.75) is 31.7 Å². The molecule has 0 N–H and O–H groups in total. The first kappa shape index (κ1) is 9.58. The number of benzene rings is 1. The van der Waals surface area contributed by atoms with E-state index in [9.17, 15) is 9.59 Å². The number of rotatable bonds is 1. The first-order chi connectivity index (χ1) is 7.79. The summed E-state index contributed by atoms with van der Waals surface area (Å²) in [6.07, 6.45) is 4.36. The van der Waals surface area contributed by atoms with Crippen LogP contribution in [0.3, 0.4) is 0 Å². The first-order valence-corrected chi connectivity index (χ1v) is 5.76. The Morgan fingerprint density at radius 3 is 2.50 bits per heavy atom. The van der Waals surface area contributed by atoms with Crippen LogP contribution in [0.4, 0.5) is 5.69 Å². The molecule has 0 spiro atoms. The molecule has 1 saturated carbocycles. The molecule has 3 heteroatoms. The van der Waals surface area contributed by atoms with E-state index >= 15 is 0 Å². The van der Waals surface area contributed by atoms with E-state index in [2.05, 4.69) is 0 Å². The third-order valence-electron chi connectivity index (χ3n) is 3.51. The molecule has 1 aromatic rings. The molecule has 1 aliphatic carbocycles. The average Bonchev–Trinajstić information content (AvgIpc) is 2.89. The monoisotopic (exact) mass is 215 g/mol. The van der Waals surface area contributed by atoms with Crippen LogP contribution in [0, 0.1) is 0 Å². The van der Waals surface area contributed by atoms with Crippen LogP contribution >= 0.6 is 0 Å². The highest BCUT2D eigenvalue weighted by atomic mass is 16.2. The van der Waals surface area contributed by atoms with E-state index in [0.29, 0.717) is 5.56 Å². The molecule has 0 atom stereocenters. The smallest absolute Gasteiger partial charge is 0.299 e. The maximum absolute atomic E-state index is 11.9. The number of hydrogen-bond donors (Lipinski definition) is 0. The van der Waals surface area contributed by atoms with E-state index in [1.165, 1.54) is 0 Å². The summed E-state index contributed by atoms with van der Waals surface area (Å²) in [7, 11) is 0. The van der Waals surface area contributed by atoms with Gasteiger partial charge in [-0.1, -0.05) is 25.0 Å². The summed E-state index contributed by atoms with van der Waals surface area (Å²) in [5.74, 6) is -0.685. The molecule has 3 rings (SSSR count). The van der Waals surface area contributed by atoms with Crippen LogP contribution in [0.2, 0.25) is 0 Å². The van der Waals surface area contributed by atoms with Crippen molar-refractivity contribution in [2.24, 2.45) is 0 Å². The summed E-state index contributed by atoms with van der Waals surface area (Å²) >= 11 is 0. The minimum absolute atomic E-state index is 0.236. The Morgan fingerprint density at radius 1 is 1.06 bits per heavy atom. The number of anilines is 1. The van der Waals surface area contributed by atoms with Gasteiger partial charge in [-0.15, -0.1) is 0 Å². The van der Waals surface area contributed by atoms with Crippen LogP contribution in [0.15, 0.2) is 24.3 Å². The molecule has 16 heavy (non-hydrogen) atoms. The number of nitrogens with zero attached hydrogens (tertiary/aromatic N) is 1. The van der Waals surface area contributed by atoms with Crippen molar-refractivity contribution >= 4 is 17.4 Å². The Labute approximate surface area is 94.1 Å². The number of amides is 1. The SMILES string of the molecule is O=C1C(=O)N(C2CCCC2)c2ccccc21. The lowest BCUT2D eigenvalue weighted by molar-refractivity contribution is -0.114. The fraction of sp³-hybridized carbons (Fsp3) is 0.385. The van der Waals surface area contributed by atoms with Crippen LogP contribution in [0.5, 0.6) is 0 Å². The Balaban J connectivity index is 2.06. The lowest BCUT2D eigenvalue weighted by Crippen LogP contribution is -2.37. The van der Waals surface area contributed by atoms with Crippen molar-refractivity contribution in [1.82, 2.24) is 0 Å². The molecule has 2 aliphatic rings. The molecular formula is C13H13NO2. The molecular weight excluding hydrogens is 202 g/mol. The van der Waals surface area contributed by atoms with Gasteiger partial charge in [0.15, 0.2) is 0 Å². The molecule has 1 aliphatic heterocycles. The minimum Gasteiger partial charge on any atom is -0.302 e. The van der Waals surface area contributed by atoms with Crippen molar-refractivity contribution in [3.63, 3.8) is 0 Å². The van der Waals surface area contributed by atoms with Gasteiger partial charge in [0.05, 0.1) is 11.3 Å². The topological polar surface area (TPSA) is 37.4 Å². The lowest BCUT2D eigenvalue weighted by Gasteiger charge is -2.23. The molecule has 0 radical (unpaired) electrons. The Hall–Kier alpha value is -1.64. The van der Waals surface area contributed by atoms with Crippen molar-refractivity contribution in [1.29, 1.82) is 0 Å². The summed E-state index contributed by atoms with van der Waals surface area (Å²) in [5, 5.41) is 0. The quantitative estimate of drug-likeness (QED) is 0.673. The van der Waals surface area contributed by atoms with Crippen LogP contribution in [-0.2, 0) is 4.79 Å². The minimum atomic E-state index is -0.345. The normalized spacial score (nSPS) is 20.6. The van der Waals surface area contributed by atoms with Gasteiger partial charge in [0, 0.05) is 6.04 Å². The summed E-state index contributed by atoms with van der Waals surface area (Å²) in [6.45, 7) is 0. The zero-order chi connectivity index (χ0) is 11.1. The third kappa shape index (κ3) is 1.21. The molecule has 1 fully saturated rings. The van der Waals surface area contributed by atoms with Gasteiger partial charge in [-0.2, -0.15) is 0 Å². The van der Waals surface area contributed by atoms with Crippen molar-refractivity contribution in [3.05, 3.63) is 29.8 Å². The molecule has 0 saturated heterocycles. The van der Waals surface area contributed by atoms with E-state index in [0.717, 1.165) is 31.4 Å². The second kappa shape index (κ2) is 3.44. The van der Waals surface area contributed by atoms with Gasteiger partial charge in [0.1, 0.15) is 0 Å². The zero-order valence-corrected chi connectivity index (χ0v) is 8.98. The van der Waals surface area contributed by atoms with Gasteiger partial charge in [-0.05, 0) is 25.0 Å². The molecule has 0 bridgehead atoms. The maximum Gasteiger partial charge on any atom is 0.299 e. The predicted molar refractivity (Wildman–Crippen MR) is 60.5 cm³/mol. The summed E-state index contributed by atoms with van der Waals surface area (Å²) in [5.41, 5.74) is 1.38. The molecule has 1 heterocycles. The number of para-hydroxylation sites is 1. The van der Waals surface area contributed by atoms with Gasteiger partial charge < -0.3 is 4.90 Å². The van der Waals surface area contributed by atoms with E-state index in [1.54, 1.807) is 11.0 Å². The van der Waals surface area contributed by atoms with Crippen molar-refractivity contribution < 1.29 is 9.59 Å². The van der Waals surface area contributed by atoms with Crippen molar-refractivity contribution in [2.75, 3.05) is 4.90 Å². The van der Waals surface area contributed by atoms with Crippen LogP contribution in [-0.4, -0.2) is 17.7 Å². The molecule has 1 aromatic carbocycles. The Bertz CT molecular complexity index is 461. The fourth-order valence-corrected chi connectivity index (χ4v) is 2.73. The van der Waals surface area contributed by atoms with E-state index in [4.69, 9.17) is 0 Å². The lowest BCUT2D eigenvalue weighted by atomic mass is 10.1. The summed E-state index contributed by atoms with van der Waals surface area (Å²) in [6, 6.07) is 7.54. The highest BCUT2D eigenvalue weighted by Crippen LogP contribution is 2.35. The fourth-order valence-electron chi connectivity index (χ4n) is 2.73. The van der Waals surface area contributed by atoms with E-state index in [1.807, 2.05) is 18.2 Å². The van der Waals surface area contributed by atoms with Gasteiger partial charge in [0.25, 0.3) is 11.7 Å². The molecule has 0 unspecified atom stereocenters. The van der Waals surface area contributed by atoms with Crippen molar-refractivity contribution in [3.8, 4) is 0 Å². The van der Waals surface area contributed by atoms with Crippen LogP contribution in [0.25, 0.3) is 0 Å². The second-order valence-corrected chi connectivity index (χ2v) is 4.46. The highest BCUT2D eigenvalue weighted by molar-refractivity contribution is 6.52. The predicted octanol–water partition coefficient (Wildman–Crippen LogP) is 2.16. The largest absolute Gasteiger partial charge is 0.302 e. The maximum atomic E-state index is 11.9. The molecule has 1 amide bonds. The van der Waals surface area contributed by atoms with Gasteiger partial charge in [0.2, 0.25) is 0 Å². The Kier molecular flexibility index (Phi) is 2.06. The number of ketones is 1. The van der Waals surface area contributed by atoms with Gasteiger partial charge in [-0.25, -0.2) is 0 Å². The van der Waals surface area contributed by atoms with Crippen LogP contribution in [0.1, 0.15) is 36.0 Å². The molecule has 0 aromatic heterocycles. The van der Waals surface area contributed by atoms with E-state index in [-0.39, 0.29) is 17.7 Å². The number of Topliss-reactive ketones (excluding diaryl/α,β-unsaturated/α-hetero) is 1. The van der Waals surface area contributed by atoms with Gasteiger partial charge >= 0.3 is 0 Å². The van der Waals surface area contributed by atoms with Gasteiger partial charge in [-0.3, -0.25) is 9.59 Å². The first-order valence-electron chi connectivity index (χ1n) is 5.76. The molecule has 3 nitrogen and oxygen atoms in total. The number of fused-ring (bicyclic) bond motifs is 1. The number of carbonyl (C=O) groups excluding carboxylic acids is 2. The number of carbonyl (C=O) groups is 2. The zero-order valence-electron chi connectivity index (χ0n) is 8.98. The highest BCUT2D eigenvalue weighted by Gasteiger charge is 2.40. The molecule has 82 valence electrons. The third-order valence-corrected chi connectivity index (χ3v) is 3.51. The summed E-state index contributed by atoms with van der Waals surface area (Å²) < 4.78 is 0.